The van der Waals surface area contributed by atoms with Gasteiger partial charge in [-0.15, -0.1) is 0 Å². The van der Waals surface area contributed by atoms with E-state index in [-0.39, 0.29) is 11.7 Å². The summed E-state index contributed by atoms with van der Waals surface area (Å²) in [6, 6.07) is 10.7. The topological polar surface area (TPSA) is 36.8 Å². The van der Waals surface area contributed by atoms with Crippen LogP contribution in [0.2, 0.25) is 5.02 Å². The molecule has 0 spiro atoms. The Balaban J connectivity index is 1.52. The third-order valence-electron chi connectivity index (χ3n) is 4.85. The Morgan fingerprint density at radius 1 is 1.15 bits per heavy atom. The normalized spacial score (nSPS) is 15.2. The van der Waals surface area contributed by atoms with Crippen molar-refractivity contribution in [2.45, 2.75) is 13.8 Å². The number of hydrogen-bond donors (Lipinski definition) is 2. The van der Waals surface area contributed by atoms with Crippen LogP contribution in [0.25, 0.3) is 0 Å². The number of carbonyl (C=O) groups is 1. The zero-order valence-corrected chi connectivity index (χ0v) is 15.9. The first-order valence-electron chi connectivity index (χ1n) is 8.83. The van der Waals surface area contributed by atoms with E-state index in [1.54, 1.807) is 19.1 Å². The van der Waals surface area contributed by atoms with Crippen LogP contribution in [0.3, 0.4) is 0 Å². The van der Waals surface area contributed by atoms with E-state index in [0.29, 0.717) is 17.8 Å². The molecule has 1 amide bonds. The number of piperazine rings is 1. The fraction of sp³-hybridized carbons (Fsp3) is 0.350. The summed E-state index contributed by atoms with van der Waals surface area (Å²) >= 11 is 6.12. The van der Waals surface area contributed by atoms with Gasteiger partial charge in [0.05, 0.1) is 26.2 Å². The Labute approximate surface area is 158 Å². The Morgan fingerprint density at radius 2 is 1.85 bits per heavy atom. The molecule has 4 nitrogen and oxygen atoms in total. The molecule has 0 bridgehead atoms. The number of quaternary nitrogens is 1. The van der Waals surface area contributed by atoms with E-state index in [1.165, 1.54) is 16.5 Å². The minimum Gasteiger partial charge on any atom is -0.360 e. The molecule has 1 aliphatic heterocycles. The highest BCUT2D eigenvalue weighted by molar-refractivity contribution is 6.30. The Hall–Kier alpha value is -2.11. The third kappa shape index (κ3) is 4.54. The quantitative estimate of drug-likeness (QED) is 0.860. The van der Waals surface area contributed by atoms with Crippen LogP contribution in [0.15, 0.2) is 36.4 Å². The van der Waals surface area contributed by atoms with Gasteiger partial charge in [-0.3, -0.25) is 4.79 Å². The summed E-state index contributed by atoms with van der Waals surface area (Å²) in [5, 5.41) is 3.53. The Morgan fingerprint density at radius 3 is 2.54 bits per heavy atom. The molecule has 6 heteroatoms. The SMILES string of the molecule is Cc1ccc(NC(=O)C[NH+]2CCN(c3cc(Cl)ccc3C)CC2)cc1F. The highest BCUT2D eigenvalue weighted by atomic mass is 35.5. The molecule has 3 rings (SSSR count). The van der Waals surface area contributed by atoms with Crippen LogP contribution in [-0.2, 0) is 4.79 Å². The second kappa shape index (κ2) is 8.06. The fourth-order valence-corrected chi connectivity index (χ4v) is 3.43. The maximum Gasteiger partial charge on any atom is 0.279 e. The van der Waals surface area contributed by atoms with E-state index in [2.05, 4.69) is 17.1 Å². The largest absolute Gasteiger partial charge is 0.360 e. The molecule has 0 radical (unpaired) electrons. The first-order chi connectivity index (χ1) is 12.4. The van der Waals surface area contributed by atoms with Crippen LogP contribution < -0.4 is 15.1 Å². The number of nitrogens with zero attached hydrogens (tertiary/aromatic N) is 1. The number of amides is 1. The molecule has 0 unspecified atom stereocenters. The van der Waals surface area contributed by atoms with E-state index < -0.39 is 0 Å². The number of carbonyl (C=O) groups excluding carboxylic acids is 1. The van der Waals surface area contributed by atoms with Gasteiger partial charge in [-0.05, 0) is 49.2 Å². The lowest BCUT2D eigenvalue weighted by molar-refractivity contribution is -0.892. The number of hydrogen-bond acceptors (Lipinski definition) is 2. The van der Waals surface area contributed by atoms with Crippen LogP contribution in [0.1, 0.15) is 11.1 Å². The van der Waals surface area contributed by atoms with Crippen molar-refractivity contribution in [2.75, 3.05) is 42.9 Å². The molecule has 26 heavy (non-hydrogen) atoms. The minimum atomic E-state index is -0.305. The van der Waals surface area contributed by atoms with E-state index in [1.807, 2.05) is 18.2 Å². The lowest BCUT2D eigenvalue weighted by atomic mass is 10.1. The summed E-state index contributed by atoms with van der Waals surface area (Å²) in [5.74, 6) is -0.392. The average Bonchev–Trinajstić information content (AvgIpc) is 2.61. The van der Waals surface area contributed by atoms with Gasteiger partial charge in [-0.1, -0.05) is 23.7 Å². The summed E-state index contributed by atoms with van der Waals surface area (Å²) < 4.78 is 13.6. The Bertz CT molecular complexity index is 804. The van der Waals surface area contributed by atoms with Crippen molar-refractivity contribution in [1.82, 2.24) is 0 Å². The highest BCUT2D eigenvalue weighted by Crippen LogP contribution is 2.24. The molecule has 0 aromatic heterocycles. The smallest absolute Gasteiger partial charge is 0.279 e. The molecule has 0 aliphatic carbocycles. The maximum absolute atomic E-state index is 13.6. The zero-order valence-electron chi connectivity index (χ0n) is 15.1. The van der Waals surface area contributed by atoms with Crippen molar-refractivity contribution < 1.29 is 14.1 Å². The predicted octanol–water partition coefficient (Wildman–Crippen LogP) is 2.44. The molecule has 2 N–H and O–H groups in total. The molecule has 2 aromatic rings. The van der Waals surface area contributed by atoms with Gasteiger partial charge in [0, 0.05) is 16.4 Å². The van der Waals surface area contributed by atoms with Crippen molar-refractivity contribution in [3.05, 3.63) is 58.4 Å². The Kier molecular flexibility index (Phi) is 5.79. The van der Waals surface area contributed by atoms with Gasteiger partial charge >= 0.3 is 0 Å². The number of benzene rings is 2. The van der Waals surface area contributed by atoms with Crippen LogP contribution in [0.5, 0.6) is 0 Å². The molecule has 2 aromatic carbocycles. The van der Waals surface area contributed by atoms with E-state index in [9.17, 15) is 9.18 Å². The van der Waals surface area contributed by atoms with Crippen molar-refractivity contribution in [1.29, 1.82) is 0 Å². The number of anilines is 2. The van der Waals surface area contributed by atoms with Crippen LogP contribution in [-0.4, -0.2) is 38.6 Å². The average molecular weight is 377 g/mol. The fourth-order valence-electron chi connectivity index (χ4n) is 3.27. The predicted molar refractivity (Wildman–Crippen MR) is 104 cm³/mol. The van der Waals surface area contributed by atoms with Gasteiger partial charge < -0.3 is 15.1 Å². The van der Waals surface area contributed by atoms with Crippen molar-refractivity contribution in [2.24, 2.45) is 0 Å². The van der Waals surface area contributed by atoms with Gasteiger partial charge in [-0.2, -0.15) is 0 Å². The van der Waals surface area contributed by atoms with Crippen LogP contribution in [0, 0.1) is 19.7 Å². The van der Waals surface area contributed by atoms with E-state index >= 15 is 0 Å². The lowest BCUT2D eigenvalue weighted by Crippen LogP contribution is -3.15. The van der Waals surface area contributed by atoms with Crippen molar-refractivity contribution in [3.8, 4) is 0 Å². The van der Waals surface area contributed by atoms with Crippen molar-refractivity contribution in [3.63, 3.8) is 0 Å². The van der Waals surface area contributed by atoms with Crippen LogP contribution >= 0.6 is 11.6 Å². The second-order valence-electron chi connectivity index (χ2n) is 6.86. The van der Waals surface area contributed by atoms with Gasteiger partial charge in [-0.25, -0.2) is 4.39 Å². The first-order valence-corrected chi connectivity index (χ1v) is 9.21. The maximum atomic E-state index is 13.6. The lowest BCUT2D eigenvalue weighted by Gasteiger charge is -2.34. The zero-order chi connectivity index (χ0) is 18.7. The van der Waals surface area contributed by atoms with E-state index in [0.717, 1.165) is 36.9 Å². The minimum absolute atomic E-state index is 0.0874. The van der Waals surface area contributed by atoms with Crippen LogP contribution in [0.4, 0.5) is 15.8 Å². The van der Waals surface area contributed by atoms with Gasteiger partial charge in [0.2, 0.25) is 0 Å². The first kappa shape index (κ1) is 18.7. The number of halogens is 2. The molecule has 1 fully saturated rings. The molecule has 0 atom stereocenters. The molecule has 1 saturated heterocycles. The van der Waals surface area contributed by atoms with E-state index in [4.69, 9.17) is 11.6 Å². The van der Waals surface area contributed by atoms with Crippen molar-refractivity contribution >= 4 is 28.9 Å². The summed E-state index contributed by atoms with van der Waals surface area (Å²) in [7, 11) is 0. The summed E-state index contributed by atoms with van der Waals surface area (Å²) in [6.07, 6.45) is 0. The molecular formula is C20H24ClFN3O+. The molecule has 1 aliphatic rings. The summed E-state index contributed by atoms with van der Waals surface area (Å²) in [4.78, 5) is 15.8. The van der Waals surface area contributed by atoms with Gasteiger partial charge in [0.25, 0.3) is 5.91 Å². The number of rotatable bonds is 4. The molecule has 0 saturated carbocycles. The standard InChI is InChI=1S/C20H23ClFN3O/c1-14-4-6-17(12-18(14)22)23-20(26)13-24-7-9-25(10-8-24)19-11-16(21)5-3-15(19)2/h3-6,11-12H,7-10,13H2,1-2H3,(H,23,26)/p+1. The summed E-state index contributed by atoms with van der Waals surface area (Å²) in [6.45, 7) is 7.68. The molecular weight excluding hydrogens is 353 g/mol. The highest BCUT2D eigenvalue weighted by Gasteiger charge is 2.23. The monoisotopic (exact) mass is 376 g/mol. The second-order valence-corrected chi connectivity index (χ2v) is 7.29. The molecule has 1 heterocycles. The number of aryl methyl sites for hydroxylation is 2. The molecule has 138 valence electrons. The number of nitrogens with one attached hydrogen (secondary N) is 2. The third-order valence-corrected chi connectivity index (χ3v) is 5.08. The van der Waals surface area contributed by atoms with Gasteiger partial charge in [0.1, 0.15) is 5.82 Å². The van der Waals surface area contributed by atoms with Gasteiger partial charge in [0.15, 0.2) is 6.54 Å². The summed E-state index contributed by atoms with van der Waals surface area (Å²) in [5.41, 5.74) is 3.44.